The average molecular weight is 334 g/mol. The van der Waals surface area contributed by atoms with Crippen molar-refractivity contribution in [3.05, 3.63) is 29.6 Å². The summed E-state index contributed by atoms with van der Waals surface area (Å²) in [5.41, 5.74) is 0.751. The summed E-state index contributed by atoms with van der Waals surface area (Å²) in [6, 6.07) is 4.19. The van der Waals surface area contributed by atoms with Gasteiger partial charge in [0.2, 0.25) is 10.0 Å². The SMILES string of the molecule is CCNCc1ccc(F)c(S(=O)(=O)NCCCCSC)c1. The van der Waals surface area contributed by atoms with Crippen LogP contribution in [0, 0.1) is 5.82 Å². The lowest BCUT2D eigenvalue weighted by Gasteiger charge is -2.10. The van der Waals surface area contributed by atoms with E-state index < -0.39 is 15.8 Å². The molecule has 0 spiro atoms. The second-order valence-electron chi connectivity index (χ2n) is 4.64. The highest BCUT2D eigenvalue weighted by molar-refractivity contribution is 7.98. The second kappa shape index (κ2) is 9.40. The summed E-state index contributed by atoms with van der Waals surface area (Å²) in [6.07, 6.45) is 3.70. The summed E-state index contributed by atoms with van der Waals surface area (Å²) >= 11 is 1.72. The molecule has 0 amide bonds. The van der Waals surface area contributed by atoms with Gasteiger partial charge in [0, 0.05) is 13.1 Å². The number of rotatable bonds is 10. The van der Waals surface area contributed by atoms with E-state index in [1.807, 2.05) is 13.2 Å². The number of thioether (sulfide) groups is 1. The highest BCUT2D eigenvalue weighted by Gasteiger charge is 2.18. The molecule has 0 fully saturated rings. The lowest BCUT2D eigenvalue weighted by atomic mass is 10.2. The highest BCUT2D eigenvalue weighted by Crippen LogP contribution is 2.16. The fraction of sp³-hybridized carbons (Fsp3) is 0.571. The van der Waals surface area contributed by atoms with E-state index in [2.05, 4.69) is 10.0 Å². The van der Waals surface area contributed by atoms with Gasteiger partial charge in [-0.1, -0.05) is 13.0 Å². The monoisotopic (exact) mass is 334 g/mol. The van der Waals surface area contributed by atoms with E-state index in [-0.39, 0.29) is 4.90 Å². The maximum Gasteiger partial charge on any atom is 0.243 e. The van der Waals surface area contributed by atoms with Crippen LogP contribution in [0.1, 0.15) is 25.3 Å². The van der Waals surface area contributed by atoms with Crippen molar-refractivity contribution >= 4 is 21.8 Å². The Labute approximate surface area is 131 Å². The zero-order chi connectivity index (χ0) is 15.7. The summed E-state index contributed by atoms with van der Waals surface area (Å²) in [5.74, 6) is 0.278. The molecule has 0 saturated carbocycles. The number of halogens is 1. The van der Waals surface area contributed by atoms with Crippen LogP contribution in [0.2, 0.25) is 0 Å². The van der Waals surface area contributed by atoms with Crippen LogP contribution in [-0.2, 0) is 16.6 Å². The Kier molecular flexibility index (Phi) is 8.24. The van der Waals surface area contributed by atoms with Crippen LogP contribution >= 0.6 is 11.8 Å². The van der Waals surface area contributed by atoms with E-state index in [4.69, 9.17) is 0 Å². The molecule has 0 atom stereocenters. The first-order chi connectivity index (χ1) is 10.0. The van der Waals surface area contributed by atoms with E-state index in [1.165, 1.54) is 12.1 Å². The Morgan fingerprint density at radius 3 is 2.71 bits per heavy atom. The molecule has 0 aliphatic rings. The second-order valence-corrected chi connectivity index (χ2v) is 7.36. The number of sulfonamides is 1. The quantitative estimate of drug-likeness (QED) is 0.645. The Balaban J connectivity index is 2.72. The Morgan fingerprint density at radius 2 is 2.05 bits per heavy atom. The summed E-state index contributed by atoms with van der Waals surface area (Å²) in [6.45, 7) is 3.58. The minimum absolute atomic E-state index is 0.275. The van der Waals surface area contributed by atoms with Crippen LogP contribution in [0.3, 0.4) is 0 Å². The number of benzene rings is 1. The molecule has 4 nitrogen and oxygen atoms in total. The van der Waals surface area contributed by atoms with Crippen LogP contribution in [0.25, 0.3) is 0 Å². The molecule has 7 heteroatoms. The van der Waals surface area contributed by atoms with Gasteiger partial charge >= 0.3 is 0 Å². The molecule has 0 bridgehead atoms. The maximum absolute atomic E-state index is 13.8. The Morgan fingerprint density at radius 1 is 1.29 bits per heavy atom. The van der Waals surface area contributed by atoms with E-state index in [9.17, 15) is 12.8 Å². The maximum atomic E-state index is 13.8. The average Bonchev–Trinajstić information content (AvgIpc) is 2.46. The minimum atomic E-state index is -3.79. The third-order valence-corrected chi connectivity index (χ3v) is 5.10. The van der Waals surface area contributed by atoms with Crippen LogP contribution in [0.4, 0.5) is 4.39 Å². The van der Waals surface area contributed by atoms with Crippen molar-refractivity contribution in [2.75, 3.05) is 25.1 Å². The molecule has 0 aliphatic carbocycles. The standard InChI is InChI=1S/C14H23FN2O2S2/c1-3-16-11-12-6-7-13(15)14(10-12)21(18,19)17-8-4-5-9-20-2/h6-7,10,16-17H,3-5,8-9,11H2,1-2H3. The topological polar surface area (TPSA) is 58.2 Å². The molecule has 1 rings (SSSR count). The molecule has 0 aromatic heterocycles. The first kappa shape index (κ1) is 18.4. The lowest BCUT2D eigenvalue weighted by molar-refractivity contribution is 0.554. The predicted octanol–water partition coefficient (Wildman–Crippen LogP) is 2.36. The van der Waals surface area contributed by atoms with Gasteiger partial charge in [-0.2, -0.15) is 11.8 Å². The van der Waals surface area contributed by atoms with Gasteiger partial charge in [-0.3, -0.25) is 0 Å². The number of hydrogen-bond donors (Lipinski definition) is 2. The molecule has 0 saturated heterocycles. The van der Waals surface area contributed by atoms with E-state index in [0.29, 0.717) is 13.1 Å². The van der Waals surface area contributed by atoms with Crippen LogP contribution in [-0.4, -0.2) is 33.5 Å². The van der Waals surface area contributed by atoms with Crippen molar-refractivity contribution in [1.29, 1.82) is 0 Å². The molecule has 2 N–H and O–H groups in total. The zero-order valence-corrected chi connectivity index (χ0v) is 14.1. The number of unbranched alkanes of at least 4 members (excludes halogenated alkanes) is 1. The molecule has 1 aromatic rings. The van der Waals surface area contributed by atoms with Gasteiger partial charge in [0.15, 0.2) is 0 Å². The number of hydrogen-bond acceptors (Lipinski definition) is 4. The van der Waals surface area contributed by atoms with Crippen molar-refractivity contribution in [3.63, 3.8) is 0 Å². The van der Waals surface area contributed by atoms with E-state index in [0.717, 1.165) is 30.7 Å². The fourth-order valence-corrected chi connectivity index (χ4v) is 3.48. The fourth-order valence-electron chi connectivity index (χ4n) is 1.79. The summed E-state index contributed by atoms with van der Waals surface area (Å²) < 4.78 is 40.5. The Bertz CT molecular complexity index is 536. The Hall–Kier alpha value is -0.630. The van der Waals surface area contributed by atoms with Gasteiger partial charge in [-0.05, 0) is 49.1 Å². The lowest BCUT2D eigenvalue weighted by Crippen LogP contribution is -2.26. The summed E-state index contributed by atoms with van der Waals surface area (Å²) in [5, 5.41) is 3.09. The highest BCUT2D eigenvalue weighted by atomic mass is 32.2. The van der Waals surface area contributed by atoms with E-state index in [1.54, 1.807) is 17.8 Å². The molecule has 21 heavy (non-hydrogen) atoms. The molecule has 0 heterocycles. The zero-order valence-electron chi connectivity index (χ0n) is 12.5. The van der Waals surface area contributed by atoms with Gasteiger partial charge in [0.05, 0.1) is 0 Å². The van der Waals surface area contributed by atoms with Crippen LogP contribution in [0.15, 0.2) is 23.1 Å². The van der Waals surface area contributed by atoms with E-state index >= 15 is 0 Å². The molecular weight excluding hydrogens is 311 g/mol. The molecule has 0 unspecified atom stereocenters. The first-order valence-corrected chi connectivity index (χ1v) is 9.86. The van der Waals surface area contributed by atoms with Crippen molar-refractivity contribution in [3.8, 4) is 0 Å². The van der Waals surface area contributed by atoms with Gasteiger partial charge in [0.1, 0.15) is 10.7 Å². The predicted molar refractivity (Wildman–Crippen MR) is 86.6 cm³/mol. The molecule has 0 radical (unpaired) electrons. The number of nitrogens with one attached hydrogen (secondary N) is 2. The molecule has 1 aromatic carbocycles. The van der Waals surface area contributed by atoms with Crippen molar-refractivity contribution in [2.24, 2.45) is 0 Å². The van der Waals surface area contributed by atoms with Gasteiger partial charge in [-0.25, -0.2) is 17.5 Å². The normalized spacial score (nSPS) is 11.8. The first-order valence-electron chi connectivity index (χ1n) is 6.99. The third kappa shape index (κ3) is 6.34. The molecular formula is C14H23FN2O2S2. The third-order valence-electron chi connectivity index (χ3n) is 2.93. The van der Waals surface area contributed by atoms with Crippen molar-refractivity contribution in [2.45, 2.75) is 31.2 Å². The minimum Gasteiger partial charge on any atom is -0.313 e. The summed E-state index contributed by atoms with van der Waals surface area (Å²) in [7, 11) is -3.79. The van der Waals surface area contributed by atoms with Gasteiger partial charge in [-0.15, -0.1) is 0 Å². The van der Waals surface area contributed by atoms with Crippen molar-refractivity contribution < 1.29 is 12.8 Å². The molecule has 120 valence electrons. The van der Waals surface area contributed by atoms with Crippen molar-refractivity contribution in [1.82, 2.24) is 10.0 Å². The van der Waals surface area contributed by atoms with Crippen LogP contribution < -0.4 is 10.0 Å². The van der Waals surface area contributed by atoms with Gasteiger partial charge in [0.25, 0.3) is 0 Å². The van der Waals surface area contributed by atoms with Crippen LogP contribution in [0.5, 0.6) is 0 Å². The van der Waals surface area contributed by atoms with Gasteiger partial charge < -0.3 is 5.32 Å². The smallest absolute Gasteiger partial charge is 0.243 e. The largest absolute Gasteiger partial charge is 0.313 e. The molecule has 0 aliphatic heterocycles. The summed E-state index contributed by atoms with van der Waals surface area (Å²) in [4.78, 5) is -0.275.